The van der Waals surface area contributed by atoms with E-state index in [0.29, 0.717) is 22.0 Å². The molecule has 1 aromatic heterocycles. The highest BCUT2D eigenvalue weighted by atomic mass is 35.5. The van der Waals surface area contributed by atoms with E-state index in [9.17, 15) is 9.59 Å². The van der Waals surface area contributed by atoms with Crippen LogP contribution in [0.25, 0.3) is 0 Å². The zero-order valence-corrected chi connectivity index (χ0v) is 11.3. The van der Waals surface area contributed by atoms with Crippen LogP contribution in [0.1, 0.15) is 26.3 Å². The predicted octanol–water partition coefficient (Wildman–Crippen LogP) is 2.99. The van der Waals surface area contributed by atoms with Gasteiger partial charge in [0, 0.05) is 11.9 Å². The van der Waals surface area contributed by atoms with Gasteiger partial charge in [0.1, 0.15) is 5.15 Å². The molecule has 6 heteroatoms. The number of aromatic nitrogens is 1. The monoisotopic (exact) mass is 290 g/mol. The summed E-state index contributed by atoms with van der Waals surface area (Å²) in [6, 6.07) is 7.58. The molecule has 0 aliphatic rings. The number of carbonyl (C=O) groups excluding carboxylic acids is 1. The van der Waals surface area contributed by atoms with Crippen molar-refractivity contribution in [2.24, 2.45) is 0 Å². The van der Waals surface area contributed by atoms with Gasteiger partial charge in [0.25, 0.3) is 5.91 Å². The molecular formula is C14H11ClN2O3. The number of carbonyl (C=O) groups is 2. The molecule has 0 atom stereocenters. The minimum Gasteiger partial charge on any atom is -0.478 e. The fourth-order valence-electron chi connectivity index (χ4n) is 1.64. The lowest BCUT2D eigenvalue weighted by Crippen LogP contribution is -2.13. The Kier molecular flexibility index (Phi) is 4.00. The summed E-state index contributed by atoms with van der Waals surface area (Å²) in [6.07, 6.45) is 1.37. The van der Waals surface area contributed by atoms with Crippen LogP contribution in [0.4, 0.5) is 5.69 Å². The maximum absolute atomic E-state index is 12.0. The van der Waals surface area contributed by atoms with Crippen molar-refractivity contribution >= 4 is 29.2 Å². The van der Waals surface area contributed by atoms with E-state index in [1.807, 2.05) is 0 Å². The van der Waals surface area contributed by atoms with Gasteiger partial charge >= 0.3 is 5.97 Å². The third kappa shape index (κ3) is 3.13. The number of halogens is 1. The number of benzene rings is 1. The molecule has 0 bridgehead atoms. The number of hydrogen-bond acceptors (Lipinski definition) is 3. The molecule has 0 spiro atoms. The minimum absolute atomic E-state index is 0.175. The molecule has 5 nitrogen and oxygen atoms in total. The van der Waals surface area contributed by atoms with Crippen LogP contribution in [-0.4, -0.2) is 22.0 Å². The van der Waals surface area contributed by atoms with Crippen LogP contribution >= 0.6 is 11.6 Å². The number of anilines is 1. The molecule has 102 valence electrons. The third-order valence-electron chi connectivity index (χ3n) is 2.71. The Labute approximate surface area is 120 Å². The highest BCUT2D eigenvalue weighted by Gasteiger charge is 2.10. The lowest BCUT2D eigenvalue weighted by Gasteiger charge is -2.09. The molecule has 2 N–H and O–H groups in total. The number of hydrogen-bond donors (Lipinski definition) is 2. The van der Waals surface area contributed by atoms with Gasteiger partial charge in [-0.1, -0.05) is 11.6 Å². The van der Waals surface area contributed by atoms with Gasteiger partial charge in [0.2, 0.25) is 0 Å². The smallest absolute Gasteiger partial charge is 0.335 e. The minimum atomic E-state index is -1.01. The topological polar surface area (TPSA) is 79.3 Å². The Morgan fingerprint density at radius 3 is 2.45 bits per heavy atom. The second kappa shape index (κ2) is 5.71. The van der Waals surface area contributed by atoms with E-state index in [4.69, 9.17) is 16.7 Å². The summed E-state index contributed by atoms with van der Waals surface area (Å²) in [5.41, 5.74) is 1.76. The highest BCUT2D eigenvalue weighted by molar-refractivity contribution is 6.29. The molecule has 1 amide bonds. The quantitative estimate of drug-likeness (QED) is 0.852. The van der Waals surface area contributed by atoms with Gasteiger partial charge in [0.15, 0.2) is 0 Å². The van der Waals surface area contributed by atoms with Crippen molar-refractivity contribution in [1.29, 1.82) is 0 Å². The summed E-state index contributed by atoms with van der Waals surface area (Å²) in [7, 11) is 0. The Hall–Kier alpha value is -2.40. The third-order valence-corrected chi connectivity index (χ3v) is 2.93. The first kappa shape index (κ1) is 14.0. The van der Waals surface area contributed by atoms with E-state index in [1.165, 1.54) is 24.4 Å². The van der Waals surface area contributed by atoms with Crippen molar-refractivity contribution in [3.8, 4) is 0 Å². The summed E-state index contributed by atoms with van der Waals surface area (Å²) in [5, 5.41) is 11.9. The van der Waals surface area contributed by atoms with E-state index in [2.05, 4.69) is 10.3 Å². The Balaban J connectivity index is 2.19. The van der Waals surface area contributed by atoms with Gasteiger partial charge in [-0.3, -0.25) is 4.79 Å². The molecular weight excluding hydrogens is 280 g/mol. The van der Waals surface area contributed by atoms with Crippen molar-refractivity contribution in [3.05, 3.63) is 58.4 Å². The van der Waals surface area contributed by atoms with Gasteiger partial charge in [0.05, 0.1) is 11.1 Å². The zero-order valence-electron chi connectivity index (χ0n) is 10.6. The molecule has 20 heavy (non-hydrogen) atoms. The number of pyridine rings is 1. The summed E-state index contributed by atoms with van der Waals surface area (Å²) < 4.78 is 0. The lowest BCUT2D eigenvalue weighted by atomic mass is 10.1. The first-order chi connectivity index (χ1) is 9.47. The van der Waals surface area contributed by atoms with E-state index in [1.54, 1.807) is 19.1 Å². The molecule has 0 saturated carbocycles. The van der Waals surface area contributed by atoms with Gasteiger partial charge < -0.3 is 10.4 Å². The van der Waals surface area contributed by atoms with Crippen LogP contribution in [0.5, 0.6) is 0 Å². The largest absolute Gasteiger partial charge is 0.478 e. The average molecular weight is 291 g/mol. The molecule has 2 rings (SSSR count). The van der Waals surface area contributed by atoms with E-state index < -0.39 is 5.97 Å². The van der Waals surface area contributed by atoms with Crippen LogP contribution in [0.3, 0.4) is 0 Å². The maximum Gasteiger partial charge on any atom is 0.335 e. The molecule has 0 unspecified atom stereocenters. The van der Waals surface area contributed by atoms with Gasteiger partial charge in [-0.25, -0.2) is 9.78 Å². The molecule has 0 aliphatic heterocycles. The summed E-state index contributed by atoms with van der Waals surface area (Å²) in [4.78, 5) is 26.6. The molecule has 0 fully saturated rings. The van der Waals surface area contributed by atoms with Crippen molar-refractivity contribution in [3.63, 3.8) is 0 Å². The number of aromatic carboxylic acids is 1. The number of nitrogens with zero attached hydrogens (tertiary/aromatic N) is 1. The Morgan fingerprint density at radius 2 is 1.90 bits per heavy atom. The van der Waals surface area contributed by atoms with Gasteiger partial charge in [-0.15, -0.1) is 0 Å². The van der Waals surface area contributed by atoms with Gasteiger partial charge in [-0.05, 0) is 42.8 Å². The normalized spacial score (nSPS) is 10.1. The fourth-order valence-corrected chi connectivity index (χ4v) is 1.75. The standard InChI is InChI=1S/C14H11ClN2O3/c1-8-6-9(14(19)20)2-4-11(8)17-13(18)10-3-5-12(15)16-7-10/h2-7H,1H3,(H,17,18)(H,19,20). The van der Waals surface area contributed by atoms with E-state index in [-0.39, 0.29) is 11.5 Å². The van der Waals surface area contributed by atoms with Gasteiger partial charge in [-0.2, -0.15) is 0 Å². The number of carboxylic acids is 1. The van der Waals surface area contributed by atoms with Crippen LogP contribution in [0, 0.1) is 6.92 Å². The molecule has 1 aromatic carbocycles. The molecule has 0 radical (unpaired) electrons. The first-order valence-electron chi connectivity index (χ1n) is 5.74. The molecule has 0 saturated heterocycles. The summed E-state index contributed by atoms with van der Waals surface area (Å²) >= 11 is 5.65. The van der Waals surface area contributed by atoms with E-state index >= 15 is 0 Å². The van der Waals surface area contributed by atoms with E-state index in [0.717, 1.165) is 0 Å². The summed E-state index contributed by atoms with van der Waals surface area (Å²) in [5.74, 6) is -1.34. The van der Waals surface area contributed by atoms with Crippen molar-refractivity contribution in [2.75, 3.05) is 5.32 Å². The van der Waals surface area contributed by atoms with Crippen molar-refractivity contribution < 1.29 is 14.7 Å². The summed E-state index contributed by atoms with van der Waals surface area (Å²) in [6.45, 7) is 1.72. The number of nitrogens with one attached hydrogen (secondary N) is 1. The fraction of sp³-hybridized carbons (Fsp3) is 0.0714. The Morgan fingerprint density at radius 1 is 1.20 bits per heavy atom. The van der Waals surface area contributed by atoms with Crippen molar-refractivity contribution in [2.45, 2.75) is 6.92 Å². The van der Waals surface area contributed by atoms with Crippen LogP contribution < -0.4 is 5.32 Å². The molecule has 1 heterocycles. The zero-order chi connectivity index (χ0) is 14.7. The average Bonchev–Trinajstić information content (AvgIpc) is 2.41. The number of carboxylic acid groups (broad SMARTS) is 1. The van der Waals surface area contributed by atoms with Crippen LogP contribution in [0.2, 0.25) is 5.15 Å². The number of aryl methyl sites for hydroxylation is 1. The predicted molar refractivity (Wildman–Crippen MR) is 75.3 cm³/mol. The maximum atomic E-state index is 12.0. The highest BCUT2D eigenvalue weighted by Crippen LogP contribution is 2.18. The van der Waals surface area contributed by atoms with Crippen LogP contribution in [-0.2, 0) is 0 Å². The SMILES string of the molecule is Cc1cc(C(=O)O)ccc1NC(=O)c1ccc(Cl)nc1. The molecule has 2 aromatic rings. The first-order valence-corrected chi connectivity index (χ1v) is 6.12. The second-order valence-electron chi connectivity index (χ2n) is 4.16. The number of rotatable bonds is 3. The second-order valence-corrected chi connectivity index (χ2v) is 4.55. The van der Waals surface area contributed by atoms with Crippen LogP contribution in [0.15, 0.2) is 36.5 Å². The molecule has 0 aliphatic carbocycles. The number of amides is 1. The Bertz CT molecular complexity index is 669. The van der Waals surface area contributed by atoms with Crippen molar-refractivity contribution in [1.82, 2.24) is 4.98 Å². The lowest BCUT2D eigenvalue weighted by molar-refractivity contribution is 0.0696.